The summed E-state index contributed by atoms with van der Waals surface area (Å²) in [6.45, 7) is 9.45. The highest BCUT2D eigenvalue weighted by molar-refractivity contribution is 6.32. The monoisotopic (exact) mass is 274 g/mol. The van der Waals surface area contributed by atoms with E-state index in [1.165, 1.54) is 6.42 Å². The van der Waals surface area contributed by atoms with Crippen molar-refractivity contribution in [3.05, 3.63) is 28.0 Å². The number of nitrogens with zero attached hydrogens (tertiary/aromatic N) is 2. The van der Waals surface area contributed by atoms with Crippen LogP contribution < -0.4 is 0 Å². The molecule has 0 radical (unpaired) electrons. The molecule has 0 aliphatic heterocycles. The van der Waals surface area contributed by atoms with E-state index in [0.717, 1.165) is 25.3 Å². The zero-order valence-corrected chi connectivity index (χ0v) is 12.2. The fraction of sp³-hybridized carbons (Fsp3) is 0.615. The van der Waals surface area contributed by atoms with Crippen molar-refractivity contribution in [3.63, 3.8) is 0 Å². The summed E-state index contributed by atoms with van der Waals surface area (Å²) < 4.78 is 0. The lowest BCUT2D eigenvalue weighted by atomic mass is 10.1. The van der Waals surface area contributed by atoms with Crippen LogP contribution in [0.5, 0.6) is 0 Å². The van der Waals surface area contributed by atoms with Gasteiger partial charge in [-0.2, -0.15) is 0 Å². The maximum atomic E-state index is 6.12. The zero-order valence-electron chi connectivity index (χ0n) is 10.7. The second kappa shape index (κ2) is 7.20. The highest BCUT2D eigenvalue weighted by Gasteiger charge is 2.11. The van der Waals surface area contributed by atoms with E-state index in [2.05, 4.69) is 30.7 Å². The van der Waals surface area contributed by atoms with Crippen LogP contribution in [-0.2, 0) is 6.54 Å². The first kappa shape index (κ1) is 14.7. The van der Waals surface area contributed by atoms with E-state index in [-0.39, 0.29) is 0 Å². The molecule has 1 atom stereocenters. The van der Waals surface area contributed by atoms with Gasteiger partial charge in [0.15, 0.2) is 0 Å². The molecular formula is C13H20Cl2N2. The van der Waals surface area contributed by atoms with E-state index < -0.39 is 0 Å². The van der Waals surface area contributed by atoms with Crippen molar-refractivity contribution in [2.45, 2.75) is 33.7 Å². The molecule has 1 rings (SSSR count). The van der Waals surface area contributed by atoms with Gasteiger partial charge >= 0.3 is 0 Å². The van der Waals surface area contributed by atoms with Crippen molar-refractivity contribution in [2.24, 2.45) is 5.92 Å². The second-order valence-corrected chi connectivity index (χ2v) is 5.20. The first-order valence-corrected chi connectivity index (χ1v) is 6.85. The van der Waals surface area contributed by atoms with E-state index in [4.69, 9.17) is 23.2 Å². The summed E-state index contributed by atoms with van der Waals surface area (Å²) >= 11 is 12.0. The summed E-state index contributed by atoms with van der Waals surface area (Å²) in [5.41, 5.74) is 0.865. The van der Waals surface area contributed by atoms with Crippen molar-refractivity contribution in [3.8, 4) is 0 Å². The Balaban J connectivity index is 2.69. The number of hydrogen-bond acceptors (Lipinski definition) is 2. The highest BCUT2D eigenvalue weighted by Crippen LogP contribution is 2.19. The lowest BCUT2D eigenvalue weighted by molar-refractivity contribution is 0.235. The van der Waals surface area contributed by atoms with Crippen LogP contribution in [0.1, 0.15) is 32.9 Å². The van der Waals surface area contributed by atoms with Crippen molar-refractivity contribution >= 4 is 23.2 Å². The number of pyridine rings is 1. The summed E-state index contributed by atoms with van der Waals surface area (Å²) in [6, 6.07) is 3.53. The van der Waals surface area contributed by atoms with E-state index in [9.17, 15) is 0 Å². The molecular weight excluding hydrogens is 255 g/mol. The molecule has 0 amide bonds. The van der Waals surface area contributed by atoms with E-state index in [1.807, 2.05) is 6.07 Å². The van der Waals surface area contributed by atoms with Gasteiger partial charge in [0.25, 0.3) is 0 Å². The third kappa shape index (κ3) is 4.82. The summed E-state index contributed by atoms with van der Waals surface area (Å²) in [6.07, 6.45) is 1.19. The van der Waals surface area contributed by atoms with E-state index >= 15 is 0 Å². The molecule has 0 aliphatic rings. The maximum Gasteiger partial charge on any atom is 0.129 e. The smallest absolute Gasteiger partial charge is 0.129 e. The summed E-state index contributed by atoms with van der Waals surface area (Å²) in [4.78, 5) is 6.63. The molecule has 1 aromatic rings. The summed E-state index contributed by atoms with van der Waals surface area (Å²) in [7, 11) is 0. The fourth-order valence-corrected chi connectivity index (χ4v) is 1.99. The third-order valence-corrected chi connectivity index (χ3v) is 3.53. The molecule has 2 nitrogen and oxygen atoms in total. The standard InChI is InChI=1S/C13H20Cl2N2/c1-4-10(3)8-17(5-2)9-12-11(14)6-7-13(15)16-12/h6-7,10H,4-5,8-9H2,1-3H3. The minimum absolute atomic E-state index is 0.504. The van der Waals surface area contributed by atoms with Gasteiger partial charge in [-0.3, -0.25) is 4.90 Å². The Labute approximate surface area is 114 Å². The van der Waals surface area contributed by atoms with Crippen LogP contribution >= 0.6 is 23.2 Å². The minimum atomic E-state index is 0.504. The molecule has 0 saturated carbocycles. The maximum absolute atomic E-state index is 6.12. The van der Waals surface area contributed by atoms with Gasteiger partial charge in [0, 0.05) is 13.1 Å². The lowest BCUT2D eigenvalue weighted by Crippen LogP contribution is -2.28. The molecule has 0 aliphatic carbocycles. The minimum Gasteiger partial charge on any atom is -0.297 e. The van der Waals surface area contributed by atoms with Crippen molar-refractivity contribution < 1.29 is 0 Å². The van der Waals surface area contributed by atoms with Crippen molar-refractivity contribution in [2.75, 3.05) is 13.1 Å². The Bertz CT molecular complexity index is 355. The summed E-state index contributed by atoms with van der Waals surface area (Å²) in [5, 5.41) is 1.20. The Hall–Kier alpha value is -0.310. The van der Waals surface area contributed by atoms with Crippen LogP contribution in [0.2, 0.25) is 10.2 Å². The second-order valence-electron chi connectivity index (χ2n) is 4.40. The number of aromatic nitrogens is 1. The normalized spacial score (nSPS) is 13.1. The van der Waals surface area contributed by atoms with Crippen LogP contribution in [0, 0.1) is 5.92 Å². The first-order chi connectivity index (χ1) is 8.06. The lowest BCUT2D eigenvalue weighted by Gasteiger charge is -2.23. The Kier molecular flexibility index (Phi) is 6.24. The Morgan fingerprint density at radius 2 is 2.00 bits per heavy atom. The van der Waals surface area contributed by atoms with Crippen LogP contribution in [0.25, 0.3) is 0 Å². The fourth-order valence-electron chi connectivity index (χ4n) is 1.66. The molecule has 1 unspecified atom stereocenters. The topological polar surface area (TPSA) is 16.1 Å². The molecule has 0 spiro atoms. The summed E-state index contributed by atoms with van der Waals surface area (Å²) in [5.74, 6) is 0.688. The van der Waals surface area contributed by atoms with E-state index in [0.29, 0.717) is 16.1 Å². The van der Waals surface area contributed by atoms with Gasteiger partial charge in [-0.1, -0.05) is 50.4 Å². The molecule has 0 N–H and O–H groups in total. The van der Waals surface area contributed by atoms with Gasteiger partial charge in [-0.15, -0.1) is 0 Å². The molecule has 96 valence electrons. The number of hydrogen-bond donors (Lipinski definition) is 0. The van der Waals surface area contributed by atoms with Crippen LogP contribution in [0.4, 0.5) is 0 Å². The molecule has 0 saturated heterocycles. The van der Waals surface area contributed by atoms with Crippen LogP contribution in [-0.4, -0.2) is 23.0 Å². The largest absolute Gasteiger partial charge is 0.297 e. The average Bonchev–Trinajstić information content (AvgIpc) is 2.32. The molecule has 0 bridgehead atoms. The van der Waals surface area contributed by atoms with Gasteiger partial charge in [-0.05, 0) is 24.6 Å². The van der Waals surface area contributed by atoms with E-state index in [1.54, 1.807) is 6.07 Å². The van der Waals surface area contributed by atoms with Gasteiger partial charge < -0.3 is 0 Å². The zero-order chi connectivity index (χ0) is 12.8. The predicted molar refractivity (Wildman–Crippen MR) is 74.7 cm³/mol. The van der Waals surface area contributed by atoms with Crippen molar-refractivity contribution in [1.82, 2.24) is 9.88 Å². The Morgan fingerprint density at radius 1 is 1.29 bits per heavy atom. The van der Waals surface area contributed by atoms with Gasteiger partial charge in [0.2, 0.25) is 0 Å². The third-order valence-electron chi connectivity index (χ3n) is 2.97. The van der Waals surface area contributed by atoms with Crippen LogP contribution in [0.3, 0.4) is 0 Å². The molecule has 17 heavy (non-hydrogen) atoms. The quantitative estimate of drug-likeness (QED) is 0.721. The predicted octanol–water partition coefficient (Wildman–Crippen LogP) is 4.26. The molecule has 0 aromatic carbocycles. The Morgan fingerprint density at radius 3 is 2.59 bits per heavy atom. The first-order valence-electron chi connectivity index (χ1n) is 6.10. The highest BCUT2D eigenvalue weighted by atomic mass is 35.5. The van der Waals surface area contributed by atoms with Crippen LogP contribution in [0.15, 0.2) is 12.1 Å². The molecule has 1 heterocycles. The molecule has 4 heteroatoms. The average molecular weight is 275 g/mol. The molecule has 1 aromatic heterocycles. The van der Waals surface area contributed by atoms with Gasteiger partial charge in [0.1, 0.15) is 5.15 Å². The molecule has 0 fully saturated rings. The van der Waals surface area contributed by atoms with Crippen molar-refractivity contribution in [1.29, 1.82) is 0 Å². The van der Waals surface area contributed by atoms with Gasteiger partial charge in [0.05, 0.1) is 10.7 Å². The number of rotatable bonds is 6. The SMILES string of the molecule is CCC(C)CN(CC)Cc1nc(Cl)ccc1Cl. The number of halogens is 2. The van der Waals surface area contributed by atoms with Gasteiger partial charge in [-0.25, -0.2) is 4.98 Å².